The van der Waals surface area contributed by atoms with Crippen molar-refractivity contribution in [2.24, 2.45) is 0 Å². The molecule has 2 rings (SSSR count). The van der Waals surface area contributed by atoms with Crippen molar-refractivity contribution in [1.82, 2.24) is 9.97 Å². The van der Waals surface area contributed by atoms with E-state index >= 15 is 0 Å². The van der Waals surface area contributed by atoms with Gasteiger partial charge in [0.15, 0.2) is 5.82 Å². The van der Waals surface area contributed by atoms with Crippen LogP contribution in [0.4, 0.5) is 17.3 Å². The van der Waals surface area contributed by atoms with E-state index in [-0.39, 0.29) is 0 Å². The molecule has 1 aromatic heterocycles. The molecular formula is C11H11ClN4O. The van der Waals surface area contributed by atoms with Crippen LogP contribution in [0, 0.1) is 0 Å². The fourth-order valence-electron chi connectivity index (χ4n) is 1.33. The molecule has 0 saturated carbocycles. The first-order valence-corrected chi connectivity index (χ1v) is 5.25. The molecule has 88 valence electrons. The van der Waals surface area contributed by atoms with Gasteiger partial charge in [0.25, 0.3) is 0 Å². The number of nitrogens with two attached hydrogens (primary N) is 1. The Balaban J connectivity index is 2.22. The molecule has 0 fully saturated rings. The molecule has 1 aromatic carbocycles. The monoisotopic (exact) mass is 250 g/mol. The molecule has 0 spiro atoms. The number of halogens is 1. The quantitative estimate of drug-likeness (QED) is 0.875. The van der Waals surface area contributed by atoms with Gasteiger partial charge in [-0.3, -0.25) is 4.98 Å². The zero-order valence-electron chi connectivity index (χ0n) is 9.14. The van der Waals surface area contributed by atoms with Crippen molar-refractivity contribution in [3.05, 3.63) is 35.6 Å². The molecule has 17 heavy (non-hydrogen) atoms. The minimum atomic E-state index is 0.356. The number of hydrogen-bond donors (Lipinski definition) is 2. The van der Waals surface area contributed by atoms with Crippen LogP contribution in [0.3, 0.4) is 0 Å². The largest absolute Gasteiger partial charge is 0.495 e. The highest BCUT2D eigenvalue weighted by atomic mass is 35.5. The lowest BCUT2D eigenvalue weighted by Crippen LogP contribution is -1.98. The minimum absolute atomic E-state index is 0.356. The summed E-state index contributed by atoms with van der Waals surface area (Å²) in [4.78, 5) is 8.00. The van der Waals surface area contributed by atoms with Crippen LogP contribution in [0.1, 0.15) is 0 Å². The lowest BCUT2D eigenvalue weighted by molar-refractivity contribution is 0.415. The first kappa shape index (κ1) is 11.5. The second-order valence-electron chi connectivity index (χ2n) is 3.30. The van der Waals surface area contributed by atoms with E-state index in [2.05, 4.69) is 15.3 Å². The Labute approximate surface area is 104 Å². The van der Waals surface area contributed by atoms with Crippen molar-refractivity contribution in [2.75, 3.05) is 18.2 Å². The molecule has 3 N–H and O–H groups in total. The lowest BCUT2D eigenvalue weighted by Gasteiger charge is -2.08. The lowest BCUT2D eigenvalue weighted by atomic mass is 10.3. The van der Waals surface area contributed by atoms with Gasteiger partial charge in [0.1, 0.15) is 11.6 Å². The Morgan fingerprint density at radius 1 is 1.35 bits per heavy atom. The van der Waals surface area contributed by atoms with Crippen LogP contribution < -0.4 is 15.8 Å². The summed E-state index contributed by atoms with van der Waals surface area (Å²) in [5.41, 5.74) is 6.32. The summed E-state index contributed by atoms with van der Waals surface area (Å²) in [6.45, 7) is 0. The van der Waals surface area contributed by atoms with Crippen molar-refractivity contribution in [3.63, 3.8) is 0 Å². The zero-order chi connectivity index (χ0) is 12.3. The fraction of sp³-hybridized carbons (Fsp3) is 0.0909. The van der Waals surface area contributed by atoms with Crippen LogP contribution in [0.5, 0.6) is 5.75 Å². The van der Waals surface area contributed by atoms with Gasteiger partial charge in [0.05, 0.1) is 24.5 Å². The van der Waals surface area contributed by atoms with E-state index in [9.17, 15) is 0 Å². The van der Waals surface area contributed by atoms with Gasteiger partial charge in [-0.15, -0.1) is 0 Å². The third-order valence-corrected chi connectivity index (χ3v) is 2.37. The second-order valence-corrected chi connectivity index (χ2v) is 3.71. The van der Waals surface area contributed by atoms with Gasteiger partial charge in [0.2, 0.25) is 0 Å². The average molecular weight is 251 g/mol. The summed E-state index contributed by atoms with van der Waals surface area (Å²) < 4.78 is 5.06. The van der Waals surface area contributed by atoms with Crippen molar-refractivity contribution in [3.8, 4) is 5.75 Å². The number of benzene rings is 1. The van der Waals surface area contributed by atoms with Gasteiger partial charge >= 0.3 is 0 Å². The van der Waals surface area contributed by atoms with E-state index in [1.807, 2.05) is 6.07 Å². The van der Waals surface area contributed by atoms with Crippen molar-refractivity contribution >= 4 is 28.9 Å². The summed E-state index contributed by atoms with van der Waals surface area (Å²) in [5, 5.41) is 3.57. The van der Waals surface area contributed by atoms with Gasteiger partial charge < -0.3 is 15.8 Å². The topological polar surface area (TPSA) is 73.1 Å². The summed E-state index contributed by atoms with van der Waals surface area (Å²) in [5.74, 6) is 1.54. The smallest absolute Gasteiger partial charge is 0.151 e. The Morgan fingerprint density at radius 3 is 2.82 bits per heavy atom. The van der Waals surface area contributed by atoms with Crippen LogP contribution in [0.25, 0.3) is 0 Å². The van der Waals surface area contributed by atoms with Gasteiger partial charge in [-0.25, -0.2) is 4.98 Å². The predicted octanol–water partition coefficient (Wildman–Crippen LogP) is 2.46. The standard InChI is InChI=1S/C11H11ClN4O/c1-17-9-3-2-7(4-8(9)12)15-11-6-14-5-10(13)16-11/h2-6H,1H3,(H3,13,15,16). The molecule has 1 heterocycles. The minimum Gasteiger partial charge on any atom is -0.495 e. The summed E-state index contributed by atoms with van der Waals surface area (Å²) in [7, 11) is 1.57. The van der Waals surface area contributed by atoms with Crippen LogP contribution in [-0.4, -0.2) is 17.1 Å². The fourth-order valence-corrected chi connectivity index (χ4v) is 1.59. The maximum absolute atomic E-state index is 6.00. The molecule has 0 aliphatic heterocycles. The highest BCUT2D eigenvalue weighted by molar-refractivity contribution is 6.32. The predicted molar refractivity (Wildman–Crippen MR) is 67.7 cm³/mol. The first-order valence-electron chi connectivity index (χ1n) is 4.87. The van der Waals surface area contributed by atoms with E-state index in [0.29, 0.717) is 22.4 Å². The average Bonchev–Trinajstić information content (AvgIpc) is 2.29. The van der Waals surface area contributed by atoms with Crippen molar-refractivity contribution < 1.29 is 4.74 Å². The molecule has 2 aromatic rings. The first-order chi connectivity index (χ1) is 8.19. The summed E-state index contributed by atoms with van der Waals surface area (Å²) >= 11 is 6.00. The Morgan fingerprint density at radius 2 is 2.18 bits per heavy atom. The van der Waals surface area contributed by atoms with Crippen LogP contribution in [0.15, 0.2) is 30.6 Å². The molecule has 0 bridgehead atoms. The molecule has 0 atom stereocenters. The van der Waals surface area contributed by atoms with Gasteiger partial charge in [0, 0.05) is 5.69 Å². The summed E-state index contributed by atoms with van der Waals surface area (Å²) in [6.07, 6.45) is 3.06. The number of rotatable bonds is 3. The van der Waals surface area contributed by atoms with Crippen LogP contribution in [-0.2, 0) is 0 Å². The SMILES string of the molecule is COc1ccc(Nc2cncc(N)n2)cc1Cl. The van der Waals surface area contributed by atoms with E-state index in [1.165, 1.54) is 6.20 Å². The number of nitrogen functional groups attached to an aromatic ring is 1. The third kappa shape index (κ3) is 2.76. The van der Waals surface area contributed by atoms with E-state index < -0.39 is 0 Å². The van der Waals surface area contributed by atoms with Gasteiger partial charge in [-0.05, 0) is 18.2 Å². The van der Waals surface area contributed by atoms with Gasteiger partial charge in [-0.2, -0.15) is 0 Å². The number of aromatic nitrogens is 2. The number of anilines is 3. The number of nitrogens with one attached hydrogen (secondary N) is 1. The molecule has 0 amide bonds. The van der Waals surface area contributed by atoms with E-state index in [4.69, 9.17) is 22.1 Å². The van der Waals surface area contributed by atoms with E-state index in [0.717, 1.165) is 5.69 Å². The highest BCUT2D eigenvalue weighted by Gasteiger charge is 2.03. The maximum atomic E-state index is 6.00. The normalized spacial score (nSPS) is 10.0. The highest BCUT2D eigenvalue weighted by Crippen LogP contribution is 2.28. The Hall–Kier alpha value is -2.01. The van der Waals surface area contributed by atoms with Crippen molar-refractivity contribution in [2.45, 2.75) is 0 Å². The number of hydrogen-bond acceptors (Lipinski definition) is 5. The molecule has 5 nitrogen and oxygen atoms in total. The number of ether oxygens (including phenoxy) is 1. The second kappa shape index (κ2) is 4.88. The number of methoxy groups -OCH3 is 1. The molecule has 6 heteroatoms. The molecule has 0 radical (unpaired) electrons. The molecule has 0 unspecified atom stereocenters. The van der Waals surface area contributed by atoms with Crippen LogP contribution in [0.2, 0.25) is 5.02 Å². The third-order valence-electron chi connectivity index (χ3n) is 2.08. The molecular weight excluding hydrogens is 240 g/mol. The van der Waals surface area contributed by atoms with Crippen molar-refractivity contribution in [1.29, 1.82) is 0 Å². The van der Waals surface area contributed by atoms with Gasteiger partial charge in [-0.1, -0.05) is 11.6 Å². The van der Waals surface area contributed by atoms with Crippen LogP contribution >= 0.6 is 11.6 Å². The maximum Gasteiger partial charge on any atom is 0.151 e. The zero-order valence-corrected chi connectivity index (χ0v) is 9.90. The summed E-state index contributed by atoms with van der Waals surface area (Å²) in [6, 6.07) is 5.34. The Bertz CT molecular complexity index is 533. The Kier molecular flexibility index (Phi) is 3.30. The molecule has 0 saturated heterocycles. The molecule has 0 aliphatic rings. The molecule has 0 aliphatic carbocycles. The number of nitrogens with zero attached hydrogens (tertiary/aromatic N) is 2. The van der Waals surface area contributed by atoms with E-state index in [1.54, 1.807) is 25.4 Å².